The van der Waals surface area contributed by atoms with Gasteiger partial charge in [-0.2, -0.15) is 18.2 Å². The highest BCUT2D eigenvalue weighted by molar-refractivity contribution is 6.28. The molecule has 0 aliphatic carbocycles. The van der Waals surface area contributed by atoms with Gasteiger partial charge in [0.2, 0.25) is 11.2 Å². The number of aryl methyl sites for hydroxylation is 1. The molecule has 1 aromatic carbocycles. The molecule has 7 nitrogen and oxygen atoms in total. The number of rotatable bonds is 4. The second-order valence-corrected chi connectivity index (χ2v) is 9.10. The summed E-state index contributed by atoms with van der Waals surface area (Å²) in [6.45, 7) is 4.81. The molecule has 0 saturated heterocycles. The van der Waals surface area contributed by atoms with Crippen molar-refractivity contribution in [3.05, 3.63) is 52.7 Å². The molecule has 2 aromatic heterocycles. The maximum absolute atomic E-state index is 13.2. The van der Waals surface area contributed by atoms with Crippen LogP contribution >= 0.6 is 11.6 Å². The largest absolute Gasteiger partial charge is 0.434 e. The number of imidazole rings is 1. The number of aromatic nitrogens is 4. The Morgan fingerprint density at radius 1 is 1.12 bits per heavy atom. The summed E-state index contributed by atoms with van der Waals surface area (Å²) in [5.74, 6) is 0.868. The van der Waals surface area contributed by atoms with E-state index in [1.54, 1.807) is 17.0 Å². The topological polar surface area (TPSA) is 67.2 Å². The van der Waals surface area contributed by atoms with Crippen LogP contribution in [0.1, 0.15) is 43.3 Å². The third kappa shape index (κ3) is 4.00. The van der Waals surface area contributed by atoms with Gasteiger partial charge in [-0.1, -0.05) is 24.3 Å². The van der Waals surface area contributed by atoms with Gasteiger partial charge in [0.1, 0.15) is 11.5 Å². The van der Waals surface area contributed by atoms with Crippen molar-refractivity contribution >= 4 is 29.0 Å². The van der Waals surface area contributed by atoms with Gasteiger partial charge in [0.05, 0.1) is 12.2 Å². The number of hydrogen-bond acceptors (Lipinski definition) is 5. The lowest BCUT2D eigenvalue weighted by Gasteiger charge is -2.39. The lowest BCUT2D eigenvalue weighted by molar-refractivity contribution is -0.140. The molecule has 0 saturated carbocycles. The predicted octanol–water partition coefficient (Wildman–Crippen LogP) is 4.89. The van der Waals surface area contributed by atoms with E-state index in [0.29, 0.717) is 24.5 Å². The second kappa shape index (κ2) is 8.26. The predicted molar refractivity (Wildman–Crippen MR) is 122 cm³/mol. The fraction of sp³-hybridized carbons (Fsp3) is 0.391. The van der Waals surface area contributed by atoms with Gasteiger partial charge in [-0.3, -0.25) is 4.79 Å². The normalized spacial score (nSPS) is 15.8. The number of anilines is 2. The summed E-state index contributed by atoms with van der Waals surface area (Å²) < 4.78 is 41.2. The molecule has 3 aromatic rings. The highest BCUT2D eigenvalue weighted by atomic mass is 35.5. The third-order valence-corrected chi connectivity index (χ3v) is 6.24. The Bertz CT molecular complexity index is 1250. The maximum Gasteiger partial charge on any atom is 0.434 e. The third-order valence-electron chi connectivity index (χ3n) is 6.07. The van der Waals surface area contributed by atoms with E-state index in [0.717, 1.165) is 36.0 Å². The highest BCUT2D eigenvalue weighted by Gasteiger charge is 2.36. The Morgan fingerprint density at radius 3 is 2.53 bits per heavy atom. The molecule has 0 fully saturated rings. The fourth-order valence-electron chi connectivity index (χ4n) is 4.47. The number of benzene rings is 1. The maximum atomic E-state index is 13.2. The first-order valence-corrected chi connectivity index (χ1v) is 11.4. The van der Waals surface area contributed by atoms with E-state index in [1.165, 1.54) is 4.57 Å². The first-order valence-electron chi connectivity index (χ1n) is 11.0. The average Bonchev–Trinajstić information content (AvgIpc) is 3.24. The summed E-state index contributed by atoms with van der Waals surface area (Å²) in [6.07, 6.45) is -1.91. The summed E-state index contributed by atoms with van der Waals surface area (Å²) in [5, 5.41) is 0.145. The van der Waals surface area contributed by atoms with Crippen LogP contribution in [0.4, 0.5) is 24.7 Å². The number of nitrogens with zero attached hydrogens (tertiary/aromatic N) is 6. The van der Waals surface area contributed by atoms with Gasteiger partial charge < -0.3 is 14.4 Å². The number of hydrogen-bond donors (Lipinski definition) is 0. The number of carbonyl (C=O) groups excluding carboxylic acids is 1. The van der Waals surface area contributed by atoms with Gasteiger partial charge in [0.25, 0.3) is 0 Å². The van der Waals surface area contributed by atoms with E-state index in [-0.39, 0.29) is 29.6 Å². The van der Waals surface area contributed by atoms with Crippen molar-refractivity contribution in [1.82, 2.24) is 19.5 Å². The molecule has 0 bridgehead atoms. The van der Waals surface area contributed by atoms with Gasteiger partial charge in [-0.15, -0.1) is 0 Å². The molecule has 1 amide bonds. The van der Waals surface area contributed by atoms with Crippen molar-refractivity contribution < 1.29 is 18.0 Å². The monoisotopic (exact) mass is 490 g/mol. The molecule has 4 heterocycles. The van der Waals surface area contributed by atoms with Gasteiger partial charge in [-0.05, 0) is 43.9 Å². The molecular formula is C23H22ClF3N6O. The second-order valence-electron chi connectivity index (χ2n) is 8.76. The molecule has 2 aliphatic heterocycles. The van der Waals surface area contributed by atoms with Crippen molar-refractivity contribution in [3.8, 4) is 11.4 Å². The van der Waals surface area contributed by atoms with E-state index >= 15 is 0 Å². The van der Waals surface area contributed by atoms with Crippen LogP contribution in [0, 0.1) is 0 Å². The summed E-state index contributed by atoms with van der Waals surface area (Å²) in [5.41, 5.74) is 2.04. The van der Waals surface area contributed by atoms with Crippen molar-refractivity contribution in [2.45, 2.75) is 45.5 Å². The molecule has 0 spiro atoms. The summed E-state index contributed by atoms with van der Waals surface area (Å²) >= 11 is 6.16. The SMILES string of the molecule is CC(C)n1cc(C(F)(F)F)nc1-c1ccc(CN2CC(=O)N3CCCc4nc(Cl)nc2c43)cc1. The van der Waals surface area contributed by atoms with Crippen molar-refractivity contribution in [2.75, 3.05) is 22.9 Å². The first kappa shape index (κ1) is 22.6. The zero-order chi connectivity index (χ0) is 24.2. The fourth-order valence-corrected chi connectivity index (χ4v) is 4.65. The quantitative estimate of drug-likeness (QED) is 0.487. The Kier molecular flexibility index (Phi) is 5.50. The number of halogens is 4. The van der Waals surface area contributed by atoms with Crippen LogP contribution in [0.25, 0.3) is 11.4 Å². The Hall–Kier alpha value is -3.14. The Balaban J connectivity index is 1.45. The highest BCUT2D eigenvalue weighted by Crippen LogP contribution is 2.39. The first-order chi connectivity index (χ1) is 16.1. The van der Waals surface area contributed by atoms with Crippen LogP contribution in [0.3, 0.4) is 0 Å². The van der Waals surface area contributed by atoms with E-state index in [9.17, 15) is 18.0 Å². The number of amides is 1. The minimum Gasteiger partial charge on any atom is -0.341 e. The number of carbonyl (C=O) groups is 1. The van der Waals surface area contributed by atoms with E-state index in [4.69, 9.17) is 11.6 Å². The zero-order valence-corrected chi connectivity index (χ0v) is 19.4. The molecule has 34 heavy (non-hydrogen) atoms. The van der Waals surface area contributed by atoms with Gasteiger partial charge in [-0.25, -0.2) is 9.97 Å². The van der Waals surface area contributed by atoms with Crippen LogP contribution in [0.2, 0.25) is 5.28 Å². The minimum atomic E-state index is -4.51. The Morgan fingerprint density at radius 2 is 1.85 bits per heavy atom. The lowest BCUT2D eigenvalue weighted by atomic mass is 10.0. The van der Waals surface area contributed by atoms with E-state index in [2.05, 4.69) is 15.0 Å². The molecule has 0 N–H and O–H groups in total. The van der Waals surface area contributed by atoms with Crippen LogP contribution in [0.5, 0.6) is 0 Å². The Labute approximate surface area is 199 Å². The summed E-state index contributed by atoms with van der Waals surface area (Å²) in [4.78, 5) is 28.9. The minimum absolute atomic E-state index is 0.0189. The smallest absolute Gasteiger partial charge is 0.341 e. The van der Waals surface area contributed by atoms with E-state index < -0.39 is 11.9 Å². The van der Waals surface area contributed by atoms with Crippen molar-refractivity contribution in [1.29, 1.82) is 0 Å². The zero-order valence-electron chi connectivity index (χ0n) is 18.6. The molecule has 2 aliphatic rings. The van der Waals surface area contributed by atoms with Crippen LogP contribution < -0.4 is 9.80 Å². The van der Waals surface area contributed by atoms with Gasteiger partial charge in [0.15, 0.2) is 11.5 Å². The molecule has 0 unspecified atom stereocenters. The van der Waals surface area contributed by atoms with E-state index in [1.807, 2.05) is 30.9 Å². The number of alkyl halides is 3. The summed E-state index contributed by atoms with van der Waals surface area (Å²) in [6, 6.07) is 6.96. The molecule has 11 heteroatoms. The molecule has 5 rings (SSSR count). The standard InChI is InChI=1S/C23H22ClF3N6O/c1-13(2)33-11-17(23(25,26)27)29-20(33)15-7-5-14(6-8-15)10-31-12-18(34)32-9-3-4-16-19(32)21(31)30-22(24)28-16/h5-8,11,13H,3-4,9-10,12H2,1-2H3. The molecule has 0 atom stereocenters. The van der Waals surface area contributed by atoms with Gasteiger partial charge in [0, 0.05) is 30.9 Å². The average molecular weight is 491 g/mol. The molecular weight excluding hydrogens is 469 g/mol. The van der Waals surface area contributed by atoms with Crippen LogP contribution in [0.15, 0.2) is 30.5 Å². The van der Waals surface area contributed by atoms with Gasteiger partial charge >= 0.3 is 6.18 Å². The van der Waals surface area contributed by atoms with Crippen molar-refractivity contribution in [3.63, 3.8) is 0 Å². The summed E-state index contributed by atoms with van der Waals surface area (Å²) in [7, 11) is 0. The van der Waals surface area contributed by atoms with Crippen LogP contribution in [-0.4, -0.2) is 38.5 Å². The molecule has 0 radical (unpaired) electrons. The molecule has 178 valence electrons. The van der Waals surface area contributed by atoms with Crippen LogP contribution in [-0.2, 0) is 23.9 Å². The lowest BCUT2D eigenvalue weighted by Crippen LogP contribution is -2.48. The van der Waals surface area contributed by atoms with Crippen molar-refractivity contribution in [2.24, 2.45) is 0 Å².